The van der Waals surface area contributed by atoms with E-state index in [1.807, 2.05) is 31.4 Å². The molecule has 0 unspecified atom stereocenters. The fourth-order valence-electron chi connectivity index (χ4n) is 4.34. The molecule has 0 spiro atoms. The highest BCUT2D eigenvalue weighted by molar-refractivity contribution is 7.98. The highest BCUT2D eigenvalue weighted by atomic mass is 32.2. The third-order valence-corrected chi connectivity index (χ3v) is 8.85. The zero-order valence-electron chi connectivity index (χ0n) is 21.2. The molecule has 1 fully saturated rings. The number of para-hydroxylation sites is 2. The third-order valence-electron chi connectivity index (χ3n) is 6.33. The standard InChI is InChI=1S/C28H33N3O4S2/c1-3-35-27-12-8-7-11-26(27)31(37(33,34)25-15-13-24(36-2)14-16-25)22-28(32)30-19-17-29(18-20-30)21-23-9-5-4-6-10-23/h4-16H,3,17-22H2,1-2H3. The Kier molecular flexibility index (Phi) is 9.13. The molecule has 0 aromatic heterocycles. The molecule has 9 heteroatoms. The number of amides is 1. The second-order valence-electron chi connectivity index (χ2n) is 8.73. The van der Waals surface area contributed by atoms with E-state index in [-0.39, 0.29) is 17.3 Å². The quantitative estimate of drug-likeness (QED) is 0.357. The van der Waals surface area contributed by atoms with Crippen LogP contribution >= 0.6 is 11.8 Å². The molecule has 1 aliphatic rings. The van der Waals surface area contributed by atoms with Crippen LogP contribution in [0, 0.1) is 0 Å². The lowest BCUT2D eigenvalue weighted by Gasteiger charge is -2.36. The molecule has 1 heterocycles. The van der Waals surface area contributed by atoms with Crippen LogP contribution in [0.5, 0.6) is 5.75 Å². The molecule has 1 saturated heterocycles. The first-order valence-corrected chi connectivity index (χ1v) is 15.0. The summed E-state index contributed by atoms with van der Waals surface area (Å²) in [4.78, 5) is 18.6. The number of ether oxygens (including phenoxy) is 1. The van der Waals surface area contributed by atoms with Gasteiger partial charge in [0.05, 0.1) is 17.2 Å². The van der Waals surface area contributed by atoms with Gasteiger partial charge in [-0.15, -0.1) is 11.8 Å². The van der Waals surface area contributed by atoms with Gasteiger partial charge in [-0.05, 0) is 55.1 Å². The van der Waals surface area contributed by atoms with Crippen molar-refractivity contribution in [2.24, 2.45) is 0 Å². The van der Waals surface area contributed by atoms with Crippen LogP contribution in [0.25, 0.3) is 0 Å². The van der Waals surface area contributed by atoms with Crippen LogP contribution in [0.1, 0.15) is 12.5 Å². The summed E-state index contributed by atoms with van der Waals surface area (Å²) >= 11 is 1.54. The highest BCUT2D eigenvalue weighted by Crippen LogP contribution is 2.33. The van der Waals surface area contributed by atoms with E-state index in [9.17, 15) is 13.2 Å². The molecule has 4 rings (SSSR count). The van der Waals surface area contributed by atoms with Gasteiger partial charge in [0.25, 0.3) is 10.0 Å². The fourth-order valence-corrected chi connectivity index (χ4v) is 6.17. The number of hydrogen-bond donors (Lipinski definition) is 0. The summed E-state index contributed by atoms with van der Waals surface area (Å²) in [6.45, 7) is 5.33. The fraction of sp³-hybridized carbons (Fsp3) is 0.321. The number of piperazine rings is 1. The predicted molar refractivity (Wildman–Crippen MR) is 149 cm³/mol. The van der Waals surface area contributed by atoms with E-state index in [4.69, 9.17) is 4.74 Å². The molecule has 1 aliphatic heterocycles. The number of rotatable bonds is 10. The summed E-state index contributed by atoms with van der Waals surface area (Å²) in [6.07, 6.45) is 1.94. The van der Waals surface area contributed by atoms with Crippen LogP contribution in [0.4, 0.5) is 5.69 Å². The average molecular weight is 540 g/mol. The molecule has 0 saturated carbocycles. The molecule has 7 nitrogen and oxygen atoms in total. The Morgan fingerprint density at radius 3 is 2.22 bits per heavy atom. The van der Waals surface area contributed by atoms with Crippen molar-refractivity contribution in [3.8, 4) is 5.75 Å². The second kappa shape index (κ2) is 12.5. The van der Waals surface area contributed by atoms with Gasteiger partial charge in [-0.2, -0.15) is 0 Å². The van der Waals surface area contributed by atoms with E-state index in [0.29, 0.717) is 31.1 Å². The Morgan fingerprint density at radius 1 is 0.919 bits per heavy atom. The number of benzene rings is 3. The maximum absolute atomic E-state index is 13.8. The average Bonchev–Trinajstić information content (AvgIpc) is 2.93. The van der Waals surface area contributed by atoms with Gasteiger partial charge in [-0.25, -0.2) is 8.42 Å². The first kappa shape index (κ1) is 27.0. The Morgan fingerprint density at radius 2 is 1.57 bits per heavy atom. The summed E-state index contributed by atoms with van der Waals surface area (Å²) < 4.78 is 34.6. The minimum atomic E-state index is -4.02. The van der Waals surface area contributed by atoms with Gasteiger partial charge in [0.15, 0.2) is 0 Å². The number of carbonyl (C=O) groups excluding carboxylic acids is 1. The summed E-state index contributed by atoms with van der Waals surface area (Å²) in [5.41, 5.74) is 1.59. The van der Waals surface area contributed by atoms with Crippen LogP contribution in [-0.4, -0.2) is 69.7 Å². The van der Waals surface area contributed by atoms with E-state index in [1.54, 1.807) is 53.4 Å². The van der Waals surface area contributed by atoms with Crippen LogP contribution in [-0.2, 0) is 21.4 Å². The van der Waals surface area contributed by atoms with Crippen molar-refractivity contribution in [3.05, 3.63) is 84.4 Å². The molecule has 0 N–H and O–H groups in total. The number of nitrogens with zero attached hydrogens (tertiary/aromatic N) is 3. The second-order valence-corrected chi connectivity index (χ2v) is 11.5. The summed E-state index contributed by atoms with van der Waals surface area (Å²) in [5.74, 6) is 0.199. The minimum Gasteiger partial charge on any atom is -0.492 e. The Bertz CT molecular complexity index is 1280. The van der Waals surface area contributed by atoms with Gasteiger partial charge < -0.3 is 9.64 Å². The van der Waals surface area contributed by atoms with E-state index < -0.39 is 10.0 Å². The van der Waals surface area contributed by atoms with Crippen molar-refractivity contribution >= 4 is 33.4 Å². The van der Waals surface area contributed by atoms with Gasteiger partial charge in [-0.1, -0.05) is 42.5 Å². The molecule has 0 atom stereocenters. The summed E-state index contributed by atoms with van der Waals surface area (Å²) in [6, 6.07) is 23.9. The topological polar surface area (TPSA) is 70.2 Å². The molecule has 1 amide bonds. The number of hydrogen-bond acceptors (Lipinski definition) is 6. The van der Waals surface area contributed by atoms with Gasteiger partial charge >= 0.3 is 0 Å². The lowest BCUT2D eigenvalue weighted by Crippen LogP contribution is -2.51. The van der Waals surface area contributed by atoms with Gasteiger partial charge in [0.1, 0.15) is 12.3 Å². The molecule has 3 aromatic rings. The zero-order chi connectivity index (χ0) is 26.3. The van der Waals surface area contributed by atoms with Crippen molar-refractivity contribution in [2.75, 3.05) is 49.9 Å². The number of sulfonamides is 1. The highest BCUT2D eigenvalue weighted by Gasteiger charge is 2.32. The zero-order valence-corrected chi connectivity index (χ0v) is 22.9. The predicted octanol–water partition coefficient (Wildman–Crippen LogP) is 4.35. The molecule has 196 valence electrons. The summed E-state index contributed by atoms with van der Waals surface area (Å²) in [7, 11) is -4.02. The van der Waals surface area contributed by atoms with Crippen molar-refractivity contribution < 1.29 is 17.9 Å². The Balaban J connectivity index is 1.54. The first-order chi connectivity index (χ1) is 17.9. The van der Waals surface area contributed by atoms with Crippen LogP contribution in [0.15, 0.2) is 88.7 Å². The van der Waals surface area contributed by atoms with Gasteiger partial charge in [-0.3, -0.25) is 14.0 Å². The Labute approximate surface area is 224 Å². The normalized spacial score (nSPS) is 14.4. The van der Waals surface area contributed by atoms with Crippen molar-refractivity contribution in [2.45, 2.75) is 23.3 Å². The number of thioether (sulfide) groups is 1. The maximum atomic E-state index is 13.8. The van der Waals surface area contributed by atoms with E-state index >= 15 is 0 Å². The van der Waals surface area contributed by atoms with E-state index in [0.717, 1.165) is 24.5 Å². The SMILES string of the molecule is CCOc1ccccc1N(CC(=O)N1CCN(Cc2ccccc2)CC1)S(=O)(=O)c1ccc(SC)cc1. The molecule has 3 aromatic carbocycles. The van der Waals surface area contributed by atoms with Crippen LogP contribution in [0.2, 0.25) is 0 Å². The van der Waals surface area contributed by atoms with Crippen molar-refractivity contribution in [3.63, 3.8) is 0 Å². The number of carbonyl (C=O) groups is 1. The molecule has 0 radical (unpaired) electrons. The smallest absolute Gasteiger partial charge is 0.264 e. The van der Waals surface area contributed by atoms with Crippen molar-refractivity contribution in [1.82, 2.24) is 9.80 Å². The Hall–Kier alpha value is -3.01. The largest absolute Gasteiger partial charge is 0.492 e. The van der Waals surface area contributed by atoms with Crippen LogP contribution in [0.3, 0.4) is 0 Å². The van der Waals surface area contributed by atoms with Gasteiger partial charge in [0, 0.05) is 37.6 Å². The molecule has 37 heavy (non-hydrogen) atoms. The minimum absolute atomic E-state index is 0.136. The lowest BCUT2D eigenvalue weighted by atomic mass is 10.2. The monoisotopic (exact) mass is 539 g/mol. The molecular formula is C28H33N3O4S2. The maximum Gasteiger partial charge on any atom is 0.264 e. The van der Waals surface area contributed by atoms with Crippen molar-refractivity contribution in [1.29, 1.82) is 0 Å². The van der Waals surface area contributed by atoms with E-state index in [2.05, 4.69) is 17.0 Å². The molecule has 0 bridgehead atoms. The van der Waals surface area contributed by atoms with E-state index in [1.165, 1.54) is 21.6 Å². The molecule has 0 aliphatic carbocycles. The van der Waals surface area contributed by atoms with Gasteiger partial charge in [0.2, 0.25) is 5.91 Å². The van der Waals surface area contributed by atoms with Crippen LogP contribution < -0.4 is 9.04 Å². The number of anilines is 1. The lowest BCUT2D eigenvalue weighted by molar-refractivity contribution is -0.131. The first-order valence-electron chi connectivity index (χ1n) is 12.3. The third kappa shape index (κ3) is 6.66. The summed E-state index contributed by atoms with van der Waals surface area (Å²) in [5, 5.41) is 0. The molecular weight excluding hydrogens is 506 g/mol.